The first-order chi connectivity index (χ1) is 13.1. The van der Waals surface area contributed by atoms with Crippen LogP contribution < -0.4 is 10.6 Å². The fraction of sp³-hybridized carbons (Fsp3) is 0.0476. The standard InChI is InChI=1S/C21H16N4OS/c1-13(26)14-6-8-15(9-7-14)24-21(27)25-19-12-18-16(4-2-10-22-18)17-5-3-11-23-20(17)19/h2-12H,1H3,(H2,24,25,27). The molecule has 132 valence electrons. The molecule has 0 radical (unpaired) electrons. The minimum atomic E-state index is 0.0310. The third-order valence-corrected chi connectivity index (χ3v) is 4.47. The Balaban J connectivity index is 1.64. The van der Waals surface area contributed by atoms with Gasteiger partial charge in [0.25, 0.3) is 0 Å². The number of anilines is 2. The van der Waals surface area contributed by atoms with Gasteiger partial charge in [0.15, 0.2) is 10.9 Å². The smallest absolute Gasteiger partial charge is 0.175 e. The fourth-order valence-electron chi connectivity index (χ4n) is 2.97. The summed E-state index contributed by atoms with van der Waals surface area (Å²) in [5.74, 6) is 0.0310. The molecule has 0 spiro atoms. The van der Waals surface area contributed by atoms with Gasteiger partial charge in [-0.25, -0.2) is 0 Å². The number of carbonyl (C=O) groups excluding carboxylic acids is 1. The van der Waals surface area contributed by atoms with Crippen molar-refractivity contribution in [3.63, 3.8) is 0 Å². The minimum absolute atomic E-state index is 0.0310. The lowest BCUT2D eigenvalue weighted by atomic mass is 10.1. The maximum atomic E-state index is 11.4. The van der Waals surface area contributed by atoms with Crippen LogP contribution in [0.3, 0.4) is 0 Å². The van der Waals surface area contributed by atoms with Crippen molar-refractivity contribution in [3.05, 3.63) is 72.6 Å². The summed E-state index contributed by atoms with van der Waals surface area (Å²) in [6.45, 7) is 1.54. The Morgan fingerprint density at radius 1 is 0.926 bits per heavy atom. The van der Waals surface area contributed by atoms with Crippen LogP contribution in [0, 0.1) is 0 Å². The van der Waals surface area contributed by atoms with Gasteiger partial charge in [0, 0.05) is 34.4 Å². The molecule has 0 unspecified atom stereocenters. The molecule has 0 aliphatic carbocycles. The molecular formula is C21H16N4OS. The van der Waals surface area contributed by atoms with Gasteiger partial charge in [-0.1, -0.05) is 12.1 Å². The summed E-state index contributed by atoms with van der Waals surface area (Å²) < 4.78 is 0. The van der Waals surface area contributed by atoms with Gasteiger partial charge < -0.3 is 10.6 Å². The first-order valence-electron chi connectivity index (χ1n) is 8.43. The lowest BCUT2D eigenvalue weighted by Gasteiger charge is -2.13. The summed E-state index contributed by atoms with van der Waals surface area (Å²) in [7, 11) is 0. The Kier molecular flexibility index (Phi) is 4.48. The number of aromatic nitrogens is 2. The summed E-state index contributed by atoms with van der Waals surface area (Å²) in [6, 6.07) is 17.0. The number of hydrogen-bond acceptors (Lipinski definition) is 4. The number of nitrogens with zero attached hydrogens (tertiary/aromatic N) is 2. The molecule has 0 bridgehead atoms. The molecule has 0 saturated carbocycles. The number of rotatable bonds is 3. The Bertz CT molecular complexity index is 1170. The van der Waals surface area contributed by atoms with Gasteiger partial charge in [-0.05, 0) is 61.6 Å². The number of carbonyl (C=O) groups is 1. The lowest BCUT2D eigenvalue weighted by Crippen LogP contribution is -2.19. The van der Waals surface area contributed by atoms with Gasteiger partial charge in [-0.15, -0.1) is 0 Å². The average molecular weight is 372 g/mol. The third kappa shape index (κ3) is 3.47. The maximum absolute atomic E-state index is 11.4. The molecule has 27 heavy (non-hydrogen) atoms. The average Bonchev–Trinajstić information content (AvgIpc) is 2.68. The van der Waals surface area contributed by atoms with Crippen LogP contribution in [0.25, 0.3) is 21.8 Å². The summed E-state index contributed by atoms with van der Waals surface area (Å²) >= 11 is 5.45. The normalized spacial score (nSPS) is 10.7. The van der Waals surface area contributed by atoms with Gasteiger partial charge in [-0.2, -0.15) is 0 Å². The Labute approximate surface area is 161 Å². The predicted octanol–water partition coefficient (Wildman–Crippen LogP) is 4.79. The predicted molar refractivity (Wildman–Crippen MR) is 113 cm³/mol. The molecule has 6 heteroatoms. The van der Waals surface area contributed by atoms with Crippen molar-refractivity contribution in [2.45, 2.75) is 6.92 Å². The summed E-state index contributed by atoms with van der Waals surface area (Å²) in [5.41, 5.74) is 3.95. The van der Waals surface area contributed by atoms with E-state index >= 15 is 0 Å². The van der Waals surface area contributed by atoms with Gasteiger partial charge in [0.1, 0.15) is 0 Å². The highest BCUT2D eigenvalue weighted by molar-refractivity contribution is 7.80. The number of thiocarbonyl (C=S) groups is 1. The Hall–Kier alpha value is -3.38. The molecule has 0 atom stereocenters. The lowest BCUT2D eigenvalue weighted by molar-refractivity contribution is 0.101. The van der Waals surface area contributed by atoms with E-state index in [4.69, 9.17) is 12.2 Å². The van der Waals surface area contributed by atoms with Crippen molar-refractivity contribution < 1.29 is 4.79 Å². The number of nitrogens with one attached hydrogen (secondary N) is 2. The molecule has 0 aliphatic heterocycles. The zero-order valence-corrected chi connectivity index (χ0v) is 15.4. The van der Waals surface area contributed by atoms with Crippen molar-refractivity contribution in [3.8, 4) is 0 Å². The molecule has 0 amide bonds. The van der Waals surface area contributed by atoms with E-state index in [2.05, 4.69) is 20.6 Å². The number of pyridine rings is 2. The van der Waals surface area contributed by atoms with Crippen LogP contribution >= 0.6 is 12.2 Å². The van der Waals surface area contributed by atoms with E-state index in [1.54, 1.807) is 31.5 Å². The largest absolute Gasteiger partial charge is 0.332 e. The van der Waals surface area contributed by atoms with E-state index in [0.717, 1.165) is 33.2 Å². The van der Waals surface area contributed by atoms with Crippen molar-refractivity contribution in [2.24, 2.45) is 0 Å². The highest BCUT2D eigenvalue weighted by atomic mass is 32.1. The number of Topliss-reactive ketones (excluding diaryl/α,β-unsaturated/α-hetero) is 1. The summed E-state index contributed by atoms with van der Waals surface area (Å²) in [4.78, 5) is 20.3. The van der Waals surface area contributed by atoms with Crippen molar-refractivity contribution in [1.82, 2.24) is 9.97 Å². The van der Waals surface area contributed by atoms with Crippen LogP contribution in [0.1, 0.15) is 17.3 Å². The second-order valence-electron chi connectivity index (χ2n) is 6.11. The SMILES string of the molecule is CC(=O)c1ccc(NC(=S)Nc2cc3ncccc3c3cccnc23)cc1. The second kappa shape index (κ2) is 7.09. The second-order valence-corrected chi connectivity index (χ2v) is 6.51. The zero-order chi connectivity index (χ0) is 18.8. The number of ketones is 1. The van der Waals surface area contributed by atoms with Crippen LogP contribution in [0.4, 0.5) is 11.4 Å². The molecule has 2 N–H and O–H groups in total. The van der Waals surface area contributed by atoms with Gasteiger partial charge in [0.05, 0.1) is 16.7 Å². The highest BCUT2D eigenvalue weighted by Gasteiger charge is 2.09. The Morgan fingerprint density at radius 3 is 2.37 bits per heavy atom. The summed E-state index contributed by atoms with van der Waals surface area (Å²) in [6.07, 6.45) is 3.52. The zero-order valence-electron chi connectivity index (χ0n) is 14.6. The quantitative estimate of drug-likeness (QED) is 0.306. The van der Waals surface area contributed by atoms with Crippen molar-refractivity contribution in [2.75, 3.05) is 10.6 Å². The number of hydrogen-bond donors (Lipinski definition) is 2. The van der Waals surface area contributed by atoms with Crippen molar-refractivity contribution >= 4 is 56.3 Å². The molecule has 2 aromatic heterocycles. The van der Waals surface area contributed by atoms with E-state index in [1.165, 1.54) is 0 Å². The molecule has 5 nitrogen and oxygen atoms in total. The first kappa shape index (κ1) is 17.1. The third-order valence-electron chi connectivity index (χ3n) is 4.27. The molecule has 0 saturated heterocycles. The van der Waals surface area contributed by atoms with E-state index in [0.29, 0.717) is 10.7 Å². The van der Waals surface area contributed by atoms with Gasteiger partial charge in [0.2, 0.25) is 0 Å². The number of fused-ring (bicyclic) bond motifs is 3. The maximum Gasteiger partial charge on any atom is 0.175 e. The van der Waals surface area contributed by atoms with Gasteiger partial charge in [-0.3, -0.25) is 14.8 Å². The van der Waals surface area contributed by atoms with Crippen LogP contribution in [0.5, 0.6) is 0 Å². The molecule has 2 aromatic carbocycles. The van der Waals surface area contributed by atoms with E-state index < -0.39 is 0 Å². The molecule has 2 heterocycles. The monoisotopic (exact) mass is 372 g/mol. The highest BCUT2D eigenvalue weighted by Crippen LogP contribution is 2.29. The first-order valence-corrected chi connectivity index (χ1v) is 8.84. The summed E-state index contributed by atoms with van der Waals surface area (Å²) in [5, 5.41) is 8.84. The van der Waals surface area contributed by atoms with Crippen LogP contribution in [0.2, 0.25) is 0 Å². The van der Waals surface area contributed by atoms with E-state index in [9.17, 15) is 4.79 Å². The van der Waals surface area contributed by atoms with Crippen LogP contribution in [-0.2, 0) is 0 Å². The Morgan fingerprint density at radius 2 is 1.63 bits per heavy atom. The van der Waals surface area contributed by atoms with E-state index in [-0.39, 0.29) is 5.78 Å². The van der Waals surface area contributed by atoms with E-state index in [1.807, 2.05) is 42.5 Å². The van der Waals surface area contributed by atoms with Gasteiger partial charge >= 0.3 is 0 Å². The molecule has 4 aromatic rings. The van der Waals surface area contributed by atoms with Crippen molar-refractivity contribution in [1.29, 1.82) is 0 Å². The molecular weight excluding hydrogens is 356 g/mol. The topological polar surface area (TPSA) is 66.9 Å². The fourth-order valence-corrected chi connectivity index (χ4v) is 3.20. The molecule has 4 rings (SSSR count). The molecule has 0 fully saturated rings. The molecule has 0 aliphatic rings. The van der Waals surface area contributed by atoms with Crippen LogP contribution in [0.15, 0.2) is 67.0 Å². The van der Waals surface area contributed by atoms with Crippen LogP contribution in [-0.4, -0.2) is 20.9 Å². The minimum Gasteiger partial charge on any atom is -0.332 e. The number of benzene rings is 2.